The Balaban J connectivity index is 1.96. The number of hydrogen-bond acceptors (Lipinski definition) is 5. The summed E-state index contributed by atoms with van der Waals surface area (Å²) in [5.41, 5.74) is 1.12. The molecule has 0 atom stereocenters. The van der Waals surface area contributed by atoms with Crippen molar-refractivity contribution in [2.24, 2.45) is 0 Å². The number of halogens is 2. The van der Waals surface area contributed by atoms with Crippen LogP contribution in [0.3, 0.4) is 0 Å². The molecule has 1 N–H and O–H groups in total. The van der Waals surface area contributed by atoms with Crippen LogP contribution in [0.15, 0.2) is 66.8 Å². The van der Waals surface area contributed by atoms with Gasteiger partial charge in [-0.15, -0.1) is 0 Å². The van der Waals surface area contributed by atoms with Gasteiger partial charge >= 0.3 is 5.97 Å². The second kappa shape index (κ2) is 8.29. The van der Waals surface area contributed by atoms with Crippen molar-refractivity contribution in [3.05, 3.63) is 68.8 Å². The Labute approximate surface area is 195 Å². The Morgan fingerprint density at radius 2 is 1.77 bits per heavy atom. The number of benzene rings is 3. The Morgan fingerprint density at radius 3 is 2.48 bits per heavy atom. The summed E-state index contributed by atoms with van der Waals surface area (Å²) in [6.45, 7) is 3.62. The molecular formula is C22H17Br2NO5S. The first-order valence-electron chi connectivity index (χ1n) is 9.32. The molecule has 6 nitrogen and oxygen atoms in total. The van der Waals surface area contributed by atoms with Crippen molar-refractivity contribution in [2.75, 3.05) is 11.3 Å². The fraction of sp³-hybridized carbons (Fsp3) is 0.136. The molecule has 3 aromatic carbocycles. The molecule has 4 aromatic rings. The summed E-state index contributed by atoms with van der Waals surface area (Å²) in [7, 11) is -3.94. The normalized spacial score (nSPS) is 11.7. The van der Waals surface area contributed by atoms with Crippen LogP contribution in [0, 0.1) is 6.92 Å². The van der Waals surface area contributed by atoms with E-state index in [-0.39, 0.29) is 17.1 Å². The third-order valence-electron chi connectivity index (χ3n) is 4.78. The lowest BCUT2D eigenvalue weighted by molar-refractivity contribution is 0.0526. The van der Waals surface area contributed by atoms with E-state index in [1.807, 2.05) is 18.2 Å². The van der Waals surface area contributed by atoms with Crippen LogP contribution in [0.4, 0.5) is 5.69 Å². The lowest BCUT2D eigenvalue weighted by Gasteiger charge is -2.13. The molecule has 0 saturated carbocycles. The monoisotopic (exact) mass is 565 g/mol. The highest BCUT2D eigenvalue weighted by molar-refractivity contribution is 9.11. The second-order valence-electron chi connectivity index (χ2n) is 6.78. The van der Waals surface area contributed by atoms with Crippen molar-refractivity contribution in [2.45, 2.75) is 18.7 Å². The third-order valence-corrected chi connectivity index (χ3v) is 7.63. The minimum absolute atomic E-state index is 0.0834. The molecule has 0 bridgehead atoms. The number of rotatable bonds is 5. The van der Waals surface area contributed by atoms with Crippen LogP contribution < -0.4 is 4.72 Å². The molecule has 0 aliphatic rings. The number of aryl methyl sites for hydroxylation is 1. The van der Waals surface area contributed by atoms with Gasteiger partial charge in [0.2, 0.25) is 0 Å². The van der Waals surface area contributed by atoms with Gasteiger partial charge in [0.1, 0.15) is 21.8 Å². The Morgan fingerprint density at radius 1 is 1.06 bits per heavy atom. The van der Waals surface area contributed by atoms with Crippen molar-refractivity contribution in [3.8, 4) is 0 Å². The third kappa shape index (κ3) is 3.97. The molecule has 0 aliphatic carbocycles. The summed E-state index contributed by atoms with van der Waals surface area (Å²) in [5, 5.41) is 1.82. The maximum atomic E-state index is 13.2. The van der Waals surface area contributed by atoms with Gasteiger partial charge in [0, 0.05) is 25.1 Å². The Bertz CT molecular complexity index is 1440. The quantitative estimate of drug-likeness (QED) is 0.283. The molecule has 0 spiro atoms. The minimum atomic E-state index is -3.94. The molecule has 0 saturated heterocycles. The number of esters is 1. The molecule has 0 aliphatic heterocycles. The highest BCUT2D eigenvalue weighted by Gasteiger charge is 2.25. The van der Waals surface area contributed by atoms with Gasteiger partial charge in [0.15, 0.2) is 0 Å². The molecule has 1 heterocycles. The number of anilines is 1. The molecule has 0 fully saturated rings. The molecule has 0 amide bonds. The number of hydrogen-bond donors (Lipinski definition) is 1. The van der Waals surface area contributed by atoms with E-state index in [0.29, 0.717) is 42.1 Å². The molecule has 160 valence electrons. The summed E-state index contributed by atoms with van der Waals surface area (Å²) in [5.74, 6) is -0.106. The molecule has 0 radical (unpaired) electrons. The SMILES string of the molecule is CCOC(=O)c1c(C)oc2c1cc(NS(=O)(=O)c1cc(Br)ccc1Br)c1ccccc12. The lowest BCUT2D eigenvalue weighted by Crippen LogP contribution is -2.14. The number of ether oxygens (including phenoxy) is 1. The summed E-state index contributed by atoms with van der Waals surface area (Å²) in [4.78, 5) is 12.6. The van der Waals surface area contributed by atoms with Gasteiger partial charge in [-0.05, 0) is 54.0 Å². The van der Waals surface area contributed by atoms with Crippen molar-refractivity contribution in [1.29, 1.82) is 0 Å². The number of sulfonamides is 1. The van der Waals surface area contributed by atoms with Crippen molar-refractivity contribution < 1.29 is 22.4 Å². The minimum Gasteiger partial charge on any atom is -0.462 e. The summed E-state index contributed by atoms with van der Waals surface area (Å²) < 4.78 is 41.2. The number of nitrogens with one attached hydrogen (secondary N) is 1. The summed E-state index contributed by atoms with van der Waals surface area (Å²) >= 11 is 6.62. The van der Waals surface area contributed by atoms with E-state index in [9.17, 15) is 13.2 Å². The maximum absolute atomic E-state index is 13.2. The summed E-state index contributed by atoms with van der Waals surface area (Å²) in [6.07, 6.45) is 0. The van der Waals surface area contributed by atoms with E-state index in [2.05, 4.69) is 36.6 Å². The zero-order valence-electron chi connectivity index (χ0n) is 16.5. The number of fused-ring (bicyclic) bond motifs is 3. The van der Waals surface area contributed by atoms with Crippen LogP contribution in [0.25, 0.3) is 21.7 Å². The smallest absolute Gasteiger partial charge is 0.342 e. The van der Waals surface area contributed by atoms with Gasteiger partial charge < -0.3 is 9.15 Å². The predicted octanol–water partition coefficient (Wildman–Crippen LogP) is 6.40. The topological polar surface area (TPSA) is 85.6 Å². The largest absolute Gasteiger partial charge is 0.462 e. The predicted molar refractivity (Wildman–Crippen MR) is 127 cm³/mol. The lowest BCUT2D eigenvalue weighted by atomic mass is 10.0. The summed E-state index contributed by atoms with van der Waals surface area (Å²) in [6, 6.07) is 13.8. The number of carbonyl (C=O) groups excluding carboxylic acids is 1. The average Bonchev–Trinajstić information content (AvgIpc) is 3.06. The van der Waals surface area contributed by atoms with Gasteiger partial charge in [0.25, 0.3) is 10.0 Å². The zero-order chi connectivity index (χ0) is 22.3. The molecule has 0 unspecified atom stereocenters. The van der Waals surface area contributed by atoms with Crippen molar-refractivity contribution >= 4 is 75.3 Å². The van der Waals surface area contributed by atoms with Crippen LogP contribution in [0.5, 0.6) is 0 Å². The number of furan rings is 1. The van der Waals surface area contributed by atoms with E-state index in [4.69, 9.17) is 9.15 Å². The van der Waals surface area contributed by atoms with Crippen molar-refractivity contribution in [3.63, 3.8) is 0 Å². The fourth-order valence-electron chi connectivity index (χ4n) is 3.46. The Hall–Kier alpha value is -2.36. The first-order chi connectivity index (χ1) is 14.7. The van der Waals surface area contributed by atoms with Crippen LogP contribution in [-0.4, -0.2) is 21.0 Å². The highest BCUT2D eigenvalue weighted by atomic mass is 79.9. The van der Waals surface area contributed by atoms with E-state index in [0.717, 1.165) is 0 Å². The van der Waals surface area contributed by atoms with Crippen molar-refractivity contribution in [1.82, 2.24) is 0 Å². The van der Waals surface area contributed by atoms with Crippen LogP contribution >= 0.6 is 31.9 Å². The first-order valence-corrected chi connectivity index (χ1v) is 12.4. The van der Waals surface area contributed by atoms with Gasteiger partial charge in [-0.1, -0.05) is 40.2 Å². The van der Waals surface area contributed by atoms with E-state index < -0.39 is 16.0 Å². The second-order valence-corrected chi connectivity index (χ2v) is 10.2. The van der Waals surface area contributed by atoms with Gasteiger partial charge in [-0.2, -0.15) is 0 Å². The van der Waals surface area contributed by atoms with Gasteiger partial charge in [-0.3, -0.25) is 4.72 Å². The fourth-order valence-corrected chi connectivity index (χ4v) is 6.04. The van der Waals surface area contributed by atoms with Crippen LogP contribution in [-0.2, 0) is 14.8 Å². The van der Waals surface area contributed by atoms with E-state index >= 15 is 0 Å². The van der Waals surface area contributed by atoms with Crippen LogP contribution in [0.2, 0.25) is 0 Å². The molecule has 1 aromatic heterocycles. The zero-order valence-corrected chi connectivity index (χ0v) is 20.5. The molecule has 31 heavy (non-hydrogen) atoms. The standard InChI is InChI=1S/C22H17Br2NO5S/c1-3-29-22(26)20-12(2)30-21-15-7-5-4-6-14(15)18(11-16(20)21)25-31(27,28)19-10-13(23)8-9-17(19)24/h4-11,25H,3H2,1-2H3. The first kappa shape index (κ1) is 21.9. The highest BCUT2D eigenvalue weighted by Crippen LogP contribution is 2.38. The molecular weight excluding hydrogens is 550 g/mol. The Kier molecular flexibility index (Phi) is 5.85. The van der Waals surface area contributed by atoms with Crippen LogP contribution in [0.1, 0.15) is 23.0 Å². The molecule has 9 heteroatoms. The molecule has 4 rings (SSSR count). The van der Waals surface area contributed by atoms with Gasteiger partial charge in [0.05, 0.1) is 12.3 Å². The van der Waals surface area contributed by atoms with E-state index in [1.54, 1.807) is 38.1 Å². The maximum Gasteiger partial charge on any atom is 0.342 e. The van der Waals surface area contributed by atoms with Gasteiger partial charge in [-0.25, -0.2) is 13.2 Å². The average molecular weight is 567 g/mol. The number of carbonyl (C=O) groups is 1. The van der Waals surface area contributed by atoms with E-state index in [1.165, 1.54) is 6.07 Å².